The van der Waals surface area contributed by atoms with Crippen molar-refractivity contribution in [1.82, 2.24) is 5.32 Å². The number of rotatable bonds is 4. The van der Waals surface area contributed by atoms with Crippen molar-refractivity contribution in [3.8, 4) is 0 Å². The highest BCUT2D eigenvalue weighted by molar-refractivity contribution is 5.75. The zero-order chi connectivity index (χ0) is 12.3. The number of carboxylic acids is 1. The third-order valence-corrected chi connectivity index (χ3v) is 3.21. The van der Waals surface area contributed by atoms with Crippen LogP contribution in [0.4, 0.5) is 0 Å². The van der Waals surface area contributed by atoms with Crippen molar-refractivity contribution in [2.75, 3.05) is 13.7 Å². The van der Waals surface area contributed by atoms with E-state index >= 15 is 0 Å². The summed E-state index contributed by atoms with van der Waals surface area (Å²) in [6.45, 7) is 1.35. The summed E-state index contributed by atoms with van der Waals surface area (Å²) in [5.74, 6) is -0.697. The van der Waals surface area contributed by atoms with Crippen LogP contribution in [-0.2, 0) is 16.1 Å². The van der Waals surface area contributed by atoms with Gasteiger partial charge in [-0.3, -0.25) is 4.79 Å². The Bertz CT molecular complexity index is 388. The average Bonchev–Trinajstić information content (AvgIpc) is 2.79. The molecule has 2 rings (SSSR count). The summed E-state index contributed by atoms with van der Waals surface area (Å²) in [6, 6.07) is 7.54. The van der Waals surface area contributed by atoms with Crippen LogP contribution in [-0.4, -0.2) is 30.8 Å². The Morgan fingerprint density at radius 2 is 2.18 bits per heavy atom. The van der Waals surface area contributed by atoms with Crippen LogP contribution in [0.1, 0.15) is 23.5 Å². The highest BCUT2D eigenvalue weighted by Crippen LogP contribution is 2.28. The minimum absolute atomic E-state index is 0.0732. The van der Waals surface area contributed by atoms with Gasteiger partial charge < -0.3 is 15.2 Å². The summed E-state index contributed by atoms with van der Waals surface area (Å²) >= 11 is 0. The lowest BCUT2D eigenvalue weighted by Crippen LogP contribution is -2.34. The first-order valence-electron chi connectivity index (χ1n) is 5.76. The Hall–Kier alpha value is -1.39. The number of nitrogens with one attached hydrogen (secondary N) is 1. The topological polar surface area (TPSA) is 58.6 Å². The number of aliphatic carboxylic acids is 1. The maximum atomic E-state index is 11.1. The molecule has 2 atom stereocenters. The standard InChI is InChI=1S/C13H17NO3/c1-17-8-9-2-4-10(5-3-9)11-6-7-14-12(11)13(15)16/h2-5,11-12,14H,6-8H2,1H3,(H,15,16). The van der Waals surface area contributed by atoms with Gasteiger partial charge in [0, 0.05) is 13.0 Å². The fourth-order valence-corrected chi connectivity index (χ4v) is 2.35. The normalized spacial score (nSPS) is 23.8. The van der Waals surface area contributed by atoms with Gasteiger partial charge in [-0.05, 0) is 24.1 Å². The second-order valence-corrected chi connectivity index (χ2v) is 4.34. The molecule has 17 heavy (non-hydrogen) atoms. The summed E-state index contributed by atoms with van der Waals surface area (Å²) in [5, 5.41) is 12.1. The molecule has 2 N–H and O–H groups in total. The van der Waals surface area contributed by atoms with E-state index in [0.717, 1.165) is 24.1 Å². The van der Waals surface area contributed by atoms with Crippen molar-refractivity contribution in [2.45, 2.75) is 25.0 Å². The van der Waals surface area contributed by atoms with E-state index in [1.54, 1.807) is 7.11 Å². The first-order chi connectivity index (χ1) is 8.22. The Labute approximate surface area is 101 Å². The smallest absolute Gasteiger partial charge is 0.321 e. The largest absolute Gasteiger partial charge is 0.480 e. The van der Waals surface area contributed by atoms with Gasteiger partial charge in [-0.25, -0.2) is 0 Å². The van der Waals surface area contributed by atoms with Crippen molar-refractivity contribution in [3.05, 3.63) is 35.4 Å². The van der Waals surface area contributed by atoms with Crippen molar-refractivity contribution in [3.63, 3.8) is 0 Å². The van der Waals surface area contributed by atoms with E-state index in [9.17, 15) is 4.79 Å². The molecule has 4 nitrogen and oxygen atoms in total. The minimum Gasteiger partial charge on any atom is -0.480 e. The van der Waals surface area contributed by atoms with E-state index in [0.29, 0.717) is 6.61 Å². The number of carboxylic acid groups (broad SMARTS) is 1. The second kappa shape index (κ2) is 5.29. The highest BCUT2D eigenvalue weighted by Gasteiger charge is 2.33. The third-order valence-electron chi connectivity index (χ3n) is 3.21. The van der Waals surface area contributed by atoms with Crippen molar-refractivity contribution in [2.24, 2.45) is 0 Å². The highest BCUT2D eigenvalue weighted by atomic mass is 16.5. The van der Waals surface area contributed by atoms with Gasteiger partial charge in [0.15, 0.2) is 0 Å². The third kappa shape index (κ3) is 2.65. The van der Waals surface area contributed by atoms with Crippen LogP contribution in [0.2, 0.25) is 0 Å². The van der Waals surface area contributed by atoms with Gasteiger partial charge in [0.1, 0.15) is 6.04 Å². The molecular formula is C13H17NO3. The number of methoxy groups -OCH3 is 1. The van der Waals surface area contributed by atoms with E-state index in [1.807, 2.05) is 24.3 Å². The minimum atomic E-state index is -0.770. The predicted octanol–water partition coefficient (Wildman–Crippen LogP) is 1.36. The molecule has 1 aromatic carbocycles. The summed E-state index contributed by atoms with van der Waals surface area (Å²) in [7, 11) is 1.66. The number of carbonyl (C=O) groups is 1. The number of benzene rings is 1. The summed E-state index contributed by atoms with van der Waals surface area (Å²) < 4.78 is 5.05. The van der Waals surface area contributed by atoms with Crippen LogP contribution in [0.15, 0.2) is 24.3 Å². The van der Waals surface area contributed by atoms with Crippen LogP contribution < -0.4 is 5.32 Å². The van der Waals surface area contributed by atoms with E-state index < -0.39 is 12.0 Å². The maximum Gasteiger partial charge on any atom is 0.321 e. The molecule has 0 radical (unpaired) electrons. The van der Waals surface area contributed by atoms with E-state index in [1.165, 1.54) is 0 Å². The molecule has 1 fully saturated rings. The molecule has 4 heteroatoms. The molecule has 1 saturated heterocycles. The van der Waals surface area contributed by atoms with Crippen LogP contribution in [0.25, 0.3) is 0 Å². The number of hydrogen-bond donors (Lipinski definition) is 2. The van der Waals surface area contributed by atoms with Crippen molar-refractivity contribution < 1.29 is 14.6 Å². The zero-order valence-electron chi connectivity index (χ0n) is 9.85. The number of ether oxygens (including phenoxy) is 1. The van der Waals surface area contributed by atoms with Gasteiger partial charge in [-0.1, -0.05) is 24.3 Å². The first-order valence-corrected chi connectivity index (χ1v) is 5.76. The lowest BCUT2D eigenvalue weighted by molar-refractivity contribution is -0.139. The van der Waals surface area contributed by atoms with Crippen molar-refractivity contribution >= 4 is 5.97 Å². The molecule has 0 aliphatic carbocycles. The lowest BCUT2D eigenvalue weighted by atomic mass is 9.91. The van der Waals surface area contributed by atoms with Crippen LogP contribution in [0, 0.1) is 0 Å². The van der Waals surface area contributed by atoms with Crippen molar-refractivity contribution in [1.29, 1.82) is 0 Å². The van der Waals surface area contributed by atoms with Gasteiger partial charge in [0.2, 0.25) is 0 Å². The van der Waals surface area contributed by atoms with Gasteiger partial charge in [0.05, 0.1) is 6.61 Å². The molecule has 0 spiro atoms. The Morgan fingerprint density at radius 1 is 1.47 bits per heavy atom. The van der Waals surface area contributed by atoms with E-state index in [-0.39, 0.29) is 5.92 Å². The fourth-order valence-electron chi connectivity index (χ4n) is 2.35. The molecule has 0 saturated carbocycles. The second-order valence-electron chi connectivity index (χ2n) is 4.34. The van der Waals surface area contributed by atoms with Gasteiger partial charge in [-0.15, -0.1) is 0 Å². The molecule has 1 aromatic rings. The van der Waals surface area contributed by atoms with Crippen LogP contribution in [0.5, 0.6) is 0 Å². The number of hydrogen-bond acceptors (Lipinski definition) is 3. The average molecular weight is 235 g/mol. The monoisotopic (exact) mass is 235 g/mol. The maximum absolute atomic E-state index is 11.1. The predicted molar refractivity (Wildman–Crippen MR) is 63.9 cm³/mol. The SMILES string of the molecule is COCc1ccc(C2CCNC2C(=O)O)cc1. The van der Waals surface area contributed by atoms with Gasteiger partial charge in [-0.2, -0.15) is 0 Å². The lowest BCUT2D eigenvalue weighted by Gasteiger charge is -2.16. The van der Waals surface area contributed by atoms with Crippen LogP contribution in [0.3, 0.4) is 0 Å². The molecule has 0 aromatic heterocycles. The fraction of sp³-hybridized carbons (Fsp3) is 0.462. The Kier molecular flexibility index (Phi) is 3.76. The van der Waals surface area contributed by atoms with Gasteiger partial charge >= 0.3 is 5.97 Å². The summed E-state index contributed by atoms with van der Waals surface area (Å²) in [6.07, 6.45) is 0.876. The molecule has 1 heterocycles. The Balaban J connectivity index is 2.13. The molecular weight excluding hydrogens is 218 g/mol. The molecule has 2 unspecified atom stereocenters. The zero-order valence-corrected chi connectivity index (χ0v) is 9.85. The Morgan fingerprint density at radius 3 is 2.76 bits per heavy atom. The molecule has 0 bridgehead atoms. The molecule has 1 aliphatic rings. The quantitative estimate of drug-likeness (QED) is 0.827. The van der Waals surface area contributed by atoms with Crippen LogP contribution >= 0.6 is 0 Å². The van der Waals surface area contributed by atoms with E-state index in [2.05, 4.69) is 5.32 Å². The molecule has 1 aliphatic heterocycles. The first kappa shape index (κ1) is 12.1. The van der Waals surface area contributed by atoms with Gasteiger partial charge in [0.25, 0.3) is 0 Å². The molecule has 0 amide bonds. The summed E-state index contributed by atoms with van der Waals surface area (Å²) in [5.41, 5.74) is 2.19. The van der Waals surface area contributed by atoms with E-state index in [4.69, 9.17) is 9.84 Å². The summed E-state index contributed by atoms with van der Waals surface area (Å²) in [4.78, 5) is 11.1. The molecule has 92 valence electrons.